The van der Waals surface area contributed by atoms with Crippen LogP contribution in [-0.2, 0) is 5.11 Å². The molecule has 1 N–H and O–H groups in total. The van der Waals surface area contributed by atoms with Crippen molar-refractivity contribution in [2.24, 2.45) is 0 Å². The lowest BCUT2D eigenvalue weighted by Gasteiger charge is -2.18. The van der Waals surface area contributed by atoms with Gasteiger partial charge in [0.25, 0.3) is 5.89 Å². The van der Waals surface area contributed by atoms with Gasteiger partial charge in [0, 0.05) is 5.54 Å². The number of rotatable bonds is 1. The minimum atomic E-state index is -0.543. The van der Waals surface area contributed by atoms with Crippen LogP contribution in [0.15, 0.2) is 10.7 Å². The number of amides is 1. The van der Waals surface area contributed by atoms with Crippen molar-refractivity contribution in [2.45, 2.75) is 26.3 Å². The van der Waals surface area contributed by atoms with Crippen LogP contribution in [0.1, 0.15) is 31.5 Å². The van der Waals surface area contributed by atoms with Gasteiger partial charge in [-0.1, -0.05) is 0 Å². The molecule has 0 bridgehead atoms. The molecule has 0 atom stereocenters. The lowest BCUT2D eigenvalue weighted by molar-refractivity contribution is 0.0883. The second-order valence-corrected chi connectivity index (χ2v) is 3.70. The van der Waals surface area contributed by atoms with Crippen LogP contribution in [0, 0.1) is 0 Å². The molecule has 5 nitrogen and oxygen atoms in total. The number of nitrogens with one attached hydrogen (secondary N) is 1. The fourth-order valence-corrected chi connectivity index (χ4v) is 0.757. The quantitative estimate of drug-likeness (QED) is 0.713. The second-order valence-electron chi connectivity index (χ2n) is 3.70. The van der Waals surface area contributed by atoms with Crippen molar-refractivity contribution < 1.29 is 14.3 Å². The third-order valence-corrected chi connectivity index (χ3v) is 1.17. The van der Waals surface area contributed by atoms with Crippen molar-refractivity contribution in [3.8, 4) is 5.88 Å². The minimum Gasteiger partial charge on any atom is -0.437 e. The largest absolute Gasteiger partial charge is 0.437 e. The van der Waals surface area contributed by atoms with Crippen LogP contribution in [0.25, 0.3) is 0 Å². The summed E-state index contributed by atoms with van der Waals surface area (Å²) in [5.74, 6) is -1.21. The number of carbonyl (C=O) groups is 1. The average molecular weight is 183 g/mol. The van der Waals surface area contributed by atoms with E-state index >= 15 is 0 Å². The van der Waals surface area contributed by atoms with Gasteiger partial charge in [-0.2, -0.15) is 4.98 Å². The number of hydrogen-bond donors (Lipinski definition) is 1. The molecule has 0 aromatic carbocycles. The first kappa shape index (κ1) is 9.57. The fraction of sp³-hybridized carbons (Fsp3) is 0.500. The Kier molecular flexibility index (Phi) is 2.27. The van der Waals surface area contributed by atoms with Gasteiger partial charge < -0.3 is 9.73 Å². The van der Waals surface area contributed by atoms with E-state index in [-0.39, 0.29) is 11.4 Å². The standard InChI is InChI=1S/C8H11N2O3/c1-8(2,3)10-6(12)7-9-5(11)4-13-7/h4H,1-3H3,(H,10,12). The molecule has 1 radical (unpaired) electrons. The van der Waals surface area contributed by atoms with Crippen molar-refractivity contribution >= 4 is 5.91 Å². The first-order valence-electron chi connectivity index (χ1n) is 3.83. The molecule has 0 fully saturated rings. The summed E-state index contributed by atoms with van der Waals surface area (Å²) in [4.78, 5) is 14.6. The Hall–Kier alpha value is -1.52. The number of nitrogens with zero attached hydrogens (tertiary/aromatic N) is 1. The molecular formula is C8H11N2O3. The molecule has 0 saturated heterocycles. The third-order valence-electron chi connectivity index (χ3n) is 1.17. The smallest absolute Gasteiger partial charge is 0.308 e. The highest BCUT2D eigenvalue weighted by Crippen LogP contribution is 2.09. The normalized spacial score (nSPS) is 11.3. The highest BCUT2D eigenvalue weighted by atomic mass is 16.4. The zero-order valence-electron chi connectivity index (χ0n) is 7.75. The van der Waals surface area contributed by atoms with Gasteiger partial charge in [0.15, 0.2) is 6.26 Å². The van der Waals surface area contributed by atoms with Gasteiger partial charge >= 0.3 is 11.8 Å². The predicted octanol–water partition coefficient (Wildman–Crippen LogP) is 1.35. The molecule has 0 saturated carbocycles. The monoisotopic (exact) mass is 183 g/mol. The maximum Gasteiger partial charge on any atom is 0.308 e. The van der Waals surface area contributed by atoms with Gasteiger partial charge in [-0.3, -0.25) is 9.90 Å². The molecule has 0 spiro atoms. The van der Waals surface area contributed by atoms with Gasteiger partial charge in [-0.15, -0.1) is 0 Å². The maximum atomic E-state index is 11.3. The van der Waals surface area contributed by atoms with E-state index in [2.05, 4.69) is 14.7 Å². The van der Waals surface area contributed by atoms with Crippen molar-refractivity contribution in [2.75, 3.05) is 0 Å². The van der Waals surface area contributed by atoms with E-state index in [0.717, 1.165) is 6.26 Å². The molecule has 1 aromatic heterocycles. The lowest BCUT2D eigenvalue weighted by atomic mass is 10.1. The lowest BCUT2D eigenvalue weighted by Crippen LogP contribution is -2.40. The maximum absolute atomic E-state index is 11.3. The molecule has 13 heavy (non-hydrogen) atoms. The zero-order chi connectivity index (χ0) is 10.1. The Bertz CT molecular complexity index is 311. The second kappa shape index (κ2) is 3.08. The summed E-state index contributed by atoms with van der Waals surface area (Å²) in [6, 6.07) is 0. The Labute approximate surface area is 75.8 Å². The van der Waals surface area contributed by atoms with E-state index in [9.17, 15) is 9.90 Å². The molecule has 1 heterocycles. The number of hydrogen-bond acceptors (Lipinski definition) is 3. The topological polar surface area (TPSA) is 75.0 Å². The average Bonchev–Trinajstić information content (AvgIpc) is 2.31. The van der Waals surface area contributed by atoms with Gasteiger partial charge in [0.05, 0.1) is 0 Å². The minimum absolute atomic E-state index is 0.195. The van der Waals surface area contributed by atoms with E-state index in [1.807, 2.05) is 20.8 Å². The van der Waals surface area contributed by atoms with Crippen LogP contribution in [-0.4, -0.2) is 16.4 Å². The van der Waals surface area contributed by atoms with Crippen LogP contribution >= 0.6 is 0 Å². The molecule has 1 amide bonds. The summed E-state index contributed by atoms with van der Waals surface area (Å²) in [5, 5.41) is 13.2. The van der Waals surface area contributed by atoms with Crippen molar-refractivity contribution in [1.29, 1.82) is 0 Å². The summed E-state index contributed by atoms with van der Waals surface area (Å²) < 4.78 is 4.64. The first-order chi connectivity index (χ1) is 5.88. The SMILES string of the molecule is CC(C)(C)NC(=O)c1nc([O])co1. The zero-order valence-corrected chi connectivity index (χ0v) is 7.75. The molecule has 71 valence electrons. The fourth-order valence-electron chi connectivity index (χ4n) is 0.757. The highest BCUT2D eigenvalue weighted by molar-refractivity contribution is 5.90. The van der Waals surface area contributed by atoms with Crippen LogP contribution in [0.2, 0.25) is 0 Å². The predicted molar refractivity (Wildman–Crippen MR) is 43.9 cm³/mol. The number of aromatic nitrogens is 1. The summed E-state index contributed by atoms with van der Waals surface area (Å²) in [5.41, 5.74) is -0.366. The highest BCUT2D eigenvalue weighted by Gasteiger charge is 2.19. The van der Waals surface area contributed by atoms with E-state index in [1.54, 1.807) is 0 Å². The van der Waals surface area contributed by atoms with Crippen molar-refractivity contribution in [3.63, 3.8) is 0 Å². The Balaban J connectivity index is 2.70. The Morgan fingerprint density at radius 3 is 2.54 bits per heavy atom. The number of oxazole rings is 1. The van der Waals surface area contributed by atoms with Crippen LogP contribution in [0.4, 0.5) is 0 Å². The summed E-state index contributed by atoms with van der Waals surface area (Å²) in [6.07, 6.45) is 0.900. The molecule has 0 aliphatic heterocycles. The molecule has 0 unspecified atom stereocenters. The van der Waals surface area contributed by atoms with Gasteiger partial charge in [0.2, 0.25) is 0 Å². The molecule has 5 heteroatoms. The summed E-state index contributed by atoms with van der Waals surface area (Å²) in [7, 11) is 0. The number of carbonyl (C=O) groups excluding carboxylic acids is 1. The molecular weight excluding hydrogens is 172 g/mol. The van der Waals surface area contributed by atoms with Gasteiger partial charge in [-0.05, 0) is 20.8 Å². The Morgan fingerprint density at radius 2 is 2.15 bits per heavy atom. The summed E-state index contributed by atoms with van der Waals surface area (Å²) in [6.45, 7) is 5.48. The first-order valence-corrected chi connectivity index (χ1v) is 3.83. The molecule has 0 aliphatic carbocycles. The molecule has 1 aromatic rings. The Morgan fingerprint density at radius 1 is 1.54 bits per heavy atom. The van der Waals surface area contributed by atoms with Gasteiger partial charge in [0.1, 0.15) is 0 Å². The molecule has 0 aliphatic rings. The van der Waals surface area contributed by atoms with Crippen LogP contribution in [0.3, 0.4) is 0 Å². The molecule has 1 rings (SSSR count). The van der Waals surface area contributed by atoms with E-state index in [4.69, 9.17) is 0 Å². The third kappa shape index (κ3) is 2.77. The van der Waals surface area contributed by atoms with Crippen molar-refractivity contribution in [1.82, 2.24) is 10.3 Å². The van der Waals surface area contributed by atoms with E-state index < -0.39 is 11.8 Å². The van der Waals surface area contributed by atoms with E-state index in [1.165, 1.54) is 0 Å². The van der Waals surface area contributed by atoms with Crippen LogP contribution < -0.4 is 5.32 Å². The summed E-state index contributed by atoms with van der Waals surface area (Å²) >= 11 is 0. The van der Waals surface area contributed by atoms with Gasteiger partial charge in [-0.25, -0.2) is 0 Å². The van der Waals surface area contributed by atoms with Crippen molar-refractivity contribution in [3.05, 3.63) is 12.2 Å². The van der Waals surface area contributed by atoms with Crippen LogP contribution in [0.5, 0.6) is 5.88 Å². The van der Waals surface area contributed by atoms with E-state index in [0.29, 0.717) is 0 Å².